The molecule has 3 N–H and O–H groups in total. The van der Waals surface area contributed by atoms with E-state index in [0.717, 1.165) is 69.2 Å². The highest BCUT2D eigenvalue weighted by Gasteiger charge is 2.51. The number of rotatable bonds is 12. The van der Waals surface area contributed by atoms with Gasteiger partial charge in [-0.05, 0) is 56.9 Å². The first-order chi connectivity index (χ1) is 22.1. The van der Waals surface area contributed by atoms with E-state index in [2.05, 4.69) is 28.6 Å². The summed E-state index contributed by atoms with van der Waals surface area (Å²) in [6.07, 6.45) is 3.08. The summed E-state index contributed by atoms with van der Waals surface area (Å²) in [5.74, 6) is -1.37. The molecular weight excluding hydrogens is 621 g/mol. The summed E-state index contributed by atoms with van der Waals surface area (Å²) >= 11 is 0. The predicted octanol–water partition coefficient (Wildman–Crippen LogP) is 6.04. The zero-order valence-electron chi connectivity index (χ0n) is 28.5. The van der Waals surface area contributed by atoms with Crippen LogP contribution in [-0.2, 0) is 9.53 Å². The molecule has 3 fully saturated rings. The Labute approximate surface area is 276 Å². The predicted molar refractivity (Wildman–Crippen MR) is 175 cm³/mol. The minimum Gasteiger partial charge on any atom is -0.383 e. The average molecular weight is 676 g/mol. The topological polar surface area (TPSA) is 98.8 Å². The second-order valence-electron chi connectivity index (χ2n) is 13.1. The summed E-state index contributed by atoms with van der Waals surface area (Å²) < 4.78 is 67.1. The first kappa shape index (κ1) is 38.9. The fourth-order valence-electron chi connectivity index (χ4n) is 6.33. The second-order valence-corrected chi connectivity index (χ2v) is 13.1. The third kappa shape index (κ3) is 11.8. The lowest BCUT2D eigenvalue weighted by Gasteiger charge is -2.44. The number of amides is 1. The Morgan fingerprint density at radius 1 is 1.19 bits per heavy atom. The highest BCUT2D eigenvalue weighted by atomic mass is 19.4. The second kappa shape index (κ2) is 17.2. The van der Waals surface area contributed by atoms with Crippen LogP contribution in [0.1, 0.15) is 91.4 Å². The Balaban J connectivity index is 0.000000468. The van der Waals surface area contributed by atoms with Crippen molar-refractivity contribution < 1.29 is 31.5 Å². The molecule has 1 saturated heterocycles. The molecule has 4 aliphatic rings. The number of carbonyl (C=O) groups excluding carboxylic acids is 1. The molecular formula is C33H54F5N7O2. The molecule has 2 heterocycles. The third-order valence-corrected chi connectivity index (χ3v) is 9.43. The molecule has 47 heavy (non-hydrogen) atoms. The smallest absolute Gasteiger partial charge is 0.383 e. The Morgan fingerprint density at radius 2 is 1.87 bits per heavy atom. The van der Waals surface area contributed by atoms with Crippen LogP contribution in [0.25, 0.3) is 0 Å². The average Bonchev–Trinajstić information content (AvgIpc) is 3.78. The molecule has 0 aromatic heterocycles. The molecule has 9 nitrogen and oxygen atoms in total. The number of nitrogens with two attached hydrogens (primary N) is 1. The standard InChI is InChI=1S/C27H44F2N6O.C6H10F3NO/c1-5-6-7-23(24(30)22-8-10-27(28,29)11-9-22)18-35-21(3)31-25(20(2)32-35)33-14-15-34(16-17-36-4)26(19-33)12-13-26;1-2-5(11)10-4-3-6(7,8)9/h18,22,24H,3,5-17,19,30H2,1-2,4H3;2-4H2,1H3,(H,10,11)/b23-18+;. The van der Waals surface area contributed by atoms with Crippen molar-refractivity contribution in [3.8, 4) is 0 Å². The lowest BCUT2D eigenvalue weighted by molar-refractivity contribution is -0.135. The van der Waals surface area contributed by atoms with E-state index >= 15 is 0 Å². The van der Waals surface area contributed by atoms with Crippen molar-refractivity contribution in [2.45, 2.75) is 115 Å². The fourth-order valence-corrected chi connectivity index (χ4v) is 6.33. The molecule has 0 aromatic carbocycles. The number of amidine groups is 1. The maximum atomic E-state index is 13.7. The largest absolute Gasteiger partial charge is 0.390 e. The van der Waals surface area contributed by atoms with Crippen LogP contribution in [-0.4, -0.2) is 102 Å². The van der Waals surface area contributed by atoms with Crippen LogP contribution in [0.15, 0.2) is 34.3 Å². The molecule has 1 spiro atoms. The molecule has 0 radical (unpaired) electrons. The third-order valence-electron chi connectivity index (χ3n) is 9.43. The number of aliphatic imine (C=N–C) groups is 1. The van der Waals surface area contributed by atoms with Gasteiger partial charge in [0.1, 0.15) is 11.5 Å². The van der Waals surface area contributed by atoms with E-state index in [0.29, 0.717) is 18.7 Å². The van der Waals surface area contributed by atoms with E-state index in [1.54, 1.807) is 19.0 Å². The highest BCUT2D eigenvalue weighted by molar-refractivity contribution is 6.41. The summed E-state index contributed by atoms with van der Waals surface area (Å²) in [5, 5.41) is 8.72. The van der Waals surface area contributed by atoms with Crippen LogP contribution >= 0.6 is 0 Å². The van der Waals surface area contributed by atoms with Gasteiger partial charge < -0.3 is 20.7 Å². The van der Waals surface area contributed by atoms with Crippen molar-refractivity contribution in [2.75, 3.05) is 46.4 Å². The van der Waals surface area contributed by atoms with Gasteiger partial charge in [0.05, 0.1) is 13.0 Å². The van der Waals surface area contributed by atoms with E-state index in [9.17, 15) is 26.7 Å². The van der Waals surface area contributed by atoms with Gasteiger partial charge in [-0.15, -0.1) is 0 Å². The summed E-state index contributed by atoms with van der Waals surface area (Å²) in [6, 6.07) is -0.253. The van der Waals surface area contributed by atoms with Crippen molar-refractivity contribution >= 4 is 17.5 Å². The number of nitrogens with one attached hydrogen (secondary N) is 1. The summed E-state index contributed by atoms with van der Waals surface area (Å²) in [4.78, 5) is 20.2. The molecule has 1 amide bonds. The van der Waals surface area contributed by atoms with Gasteiger partial charge in [-0.2, -0.15) is 18.3 Å². The first-order valence-corrected chi connectivity index (χ1v) is 16.9. The summed E-state index contributed by atoms with van der Waals surface area (Å²) in [5.41, 5.74) is 8.81. The van der Waals surface area contributed by atoms with Crippen LogP contribution < -0.4 is 11.1 Å². The zero-order valence-corrected chi connectivity index (χ0v) is 28.5. The van der Waals surface area contributed by atoms with Crippen molar-refractivity contribution in [3.63, 3.8) is 0 Å². The summed E-state index contributed by atoms with van der Waals surface area (Å²) in [7, 11) is 1.76. The van der Waals surface area contributed by atoms with Gasteiger partial charge in [-0.25, -0.2) is 18.8 Å². The molecule has 1 atom stereocenters. The van der Waals surface area contributed by atoms with E-state index in [-0.39, 0.29) is 49.2 Å². The van der Waals surface area contributed by atoms with E-state index < -0.39 is 18.5 Å². The molecule has 14 heteroatoms. The number of halogens is 5. The lowest BCUT2D eigenvalue weighted by atomic mass is 9.79. The number of alkyl halides is 5. The summed E-state index contributed by atoms with van der Waals surface area (Å²) in [6.45, 7) is 14.2. The van der Waals surface area contributed by atoms with Gasteiger partial charge in [0.2, 0.25) is 11.8 Å². The number of hydrazone groups is 1. The maximum Gasteiger partial charge on any atom is 0.390 e. The molecule has 268 valence electrons. The highest BCUT2D eigenvalue weighted by Crippen LogP contribution is 2.44. The van der Waals surface area contributed by atoms with Gasteiger partial charge in [-0.3, -0.25) is 9.69 Å². The Kier molecular flexibility index (Phi) is 14.2. The van der Waals surface area contributed by atoms with Crippen LogP contribution in [0, 0.1) is 5.92 Å². The normalized spacial score (nSPS) is 22.3. The number of carbonyl (C=O) groups is 1. The number of piperazine rings is 1. The van der Waals surface area contributed by atoms with E-state index in [1.165, 1.54) is 12.8 Å². The number of ether oxygens (including phenoxy) is 1. The number of nitrogens with zero attached hydrogens (tertiary/aromatic N) is 5. The number of methoxy groups -OCH3 is 1. The minimum absolute atomic E-state index is 0.0686. The van der Waals surface area contributed by atoms with E-state index in [4.69, 9.17) is 20.6 Å². The van der Waals surface area contributed by atoms with Crippen LogP contribution in [0.5, 0.6) is 0 Å². The van der Waals surface area contributed by atoms with E-state index in [1.807, 2.05) is 13.1 Å². The molecule has 1 unspecified atom stereocenters. The molecule has 0 aromatic rings. The van der Waals surface area contributed by atoms with Crippen LogP contribution in [0.3, 0.4) is 0 Å². The van der Waals surface area contributed by atoms with Crippen LogP contribution in [0.2, 0.25) is 0 Å². The Hall–Kier alpha value is -2.58. The number of hydrogen-bond acceptors (Lipinski definition) is 8. The molecule has 0 bridgehead atoms. The number of unbranched alkanes of at least 4 members (excludes halogenated alkanes) is 1. The quantitative estimate of drug-likeness (QED) is 0.245. The fraction of sp³-hybridized carbons (Fsp3) is 0.788. The lowest BCUT2D eigenvalue weighted by Crippen LogP contribution is -2.58. The van der Waals surface area contributed by atoms with Crippen molar-refractivity contribution in [1.82, 2.24) is 20.1 Å². The molecule has 2 aliphatic heterocycles. The van der Waals surface area contributed by atoms with Crippen LogP contribution in [0.4, 0.5) is 22.0 Å². The monoisotopic (exact) mass is 675 g/mol. The van der Waals surface area contributed by atoms with Gasteiger partial charge >= 0.3 is 6.18 Å². The molecule has 2 aliphatic carbocycles. The van der Waals surface area contributed by atoms with Gasteiger partial charge in [-0.1, -0.05) is 26.8 Å². The van der Waals surface area contributed by atoms with Gasteiger partial charge in [0, 0.05) is 76.9 Å². The Morgan fingerprint density at radius 3 is 2.45 bits per heavy atom. The van der Waals surface area contributed by atoms with Gasteiger partial charge in [0.25, 0.3) is 0 Å². The first-order valence-electron chi connectivity index (χ1n) is 16.9. The Bertz CT molecular complexity index is 1140. The number of hydrogen-bond donors (Lipinski definition) is 2. The van der Waals surface area contributed by atoms with Gasteiger partial charge in [0.15, 0.2) is 5.84 Å². The molecule has 4 rings (SSSR count). The SMILES string of the molecule is C=C1N=C(N2CCN(CCOC)C3(CC3)C2)C(C)=NN1/C=C(\CCCC)C(N)C1CCC(F)(F)CC1.CCC(=O)NCCC(F)(F)F. The maximum absolute atomic E-state index is 13.7. The van der Waals surface area contributed by atoms with Crippen molar-refractivity contribution in [3.05, 3.63) is 24.2 Å². The minimum atomic E-state index is -4.18. The molecule has 2 saturated carbocycles. The van der Waals surface area contributed by atoms with Crippen molar-refractivity contribution in [1.29, 1.82) is 0 Å². The zero-order chi connectivity index (χ0) is 34.8. The van der Waals surface area contributed by atoms with Crippen molar-refractivity contribution in [2.24, 2.45) is 21.7 Å².